The molecule has 1 saturated carbocycles. The first-order valence-electron chi connectivity index (χ1n) is 9.04. The van der Waals surface area contributed by atoms with Crippen molar-refractivity contribution in [3.8, 4) is 6.07 Å². The lowest BCUT2D eigenvalue weighted by Crippen LogP contribution is -2.64. The highest BCUT2D eigenvalue weighted by Gasteiger charge is 2.55. The number of likely N-dealkylation sites (tertiary alicyclic amines) is 1. The van der Waals surface area contributed by atoms with Crippen LogP contribution in [-0.2, 0) is 4.79 Å². The minimum atomic E-state index is -4.45. The maximum Gasteiger partial charge on any atom is 0.406 e. The van der Waals surface area contributed by atoms with E-state index in [4.69, 9.17) is 0 Å². The Bertz CT molecular complexity index is 750. The van der Waals surface area contributed by atoms with Gasteiger partial charge in [-0.05, 0) is 36.5 Å². The number of amides is 1. The van der Waals surface area contributed by atoms with Gasteiger partial charge < -0.3 is 4.90 Å². The molecular weight excluding hydrogens is 359 g/mol. The van der Waals surface area contributed by atoms with E-state index in [0.717, 1.165) is 10.5 Å². The van der Waals surface area contributed by atoms with Crippen LogP contribution in [0.3, 0.4) is 0 Å². The number of carbonyl (C=O) groups is 1. The van der Waals surface area contributed by atoms with Crippen LogP contribution in [0.1, 0.15) is 24.3 Å². The molecule has 3 aliphatic rings. The van der Waals surface area contributed by atoms with E-state index in [9.17, 15) is 23.2 Å². The number of aromatic nitrogens is 1. The standard InChI is InChI=1S/C18H20F3N5O/c19-18(20,21)9-26-15-6-12(10-1-3-23-4-2-10)11(7-22)5-13(15)16-14(17(26)27)8-24-25-16/h1-4,11-16,24-25H,5-6,8-9H2. The van der Waals surface area contributed by atoms with E-state index in [0.29, 0.717) is 19.4 Å². The molecule has 0 radical (unpaired) electrons. The highest BCUT2D eigenvalue weighted by Crippen LogP contribution is 2.47. The minimum absolute atomic E-state index is 0.187. The van der Waals surface area contributed by atoms with Crippen LogP contribution in [0.15, 0.2) is 24.5 Å². The van der Waals surface area contributed by atoms with Crippen molar-refractivity contribution >= 4 is 5.91 Å². The van der Waals surface area contributed by atoms with E-state index in [-0.39, 0.29) is 23.8 Å². The summed E-state index contributed by atoms with van der Waals surface area (Å²) in [7, 11) is 0. The number of carbonyl (C=O) groups excluding carboxylic acids is 1. The number of nitrogens with one attached hydrogen (secondary N) is 2. The van der Waals surface area contributed by atoms with Crippen molar-refractivity contribution < 1.29 is 18.0 Å². The zero-order valence-corrected chi connectivity index (χ0v) is 14.5. The molecule has 0 aromatic carbocycles. The number of rotatable bonds is 2. The van der Waals surface area contributed by atoms with E-state index in [2.05, 4.69) is 21.9 Å². The van der Waals surface area contributed by atoms with Gasteiger partial charge in [-0.2, -0.15) is 18.4 Å². The summed E-state index contributed by atoms with van der Waals surface area (Å²) in [6.07, 6.45) is -0.405. The Morgan fingerprint density at radius 1 is 1.26 bits per heavy atom. The topological polar surface area (TPSA) is 81.0 Å². The third-order valence-corrected chi connectivity index (χ3v) is 6.14. The van der Waals surface area contributed by atoms with Crippen LogP contribution in [0.2, 0.25) is 0 Å². The molecule has 27 heavy (non-hydrogen) atoms. The van der Waals surface area contributed by atoms with Crippen molar-refractivity contribution in [2.45, 2.75) is 37.0 Å². The van der Waals surface area contributed by atoms with Gasteiger partial charge in [0.05, 0.1) is 17.9 Å². The van der Waals surface area contributed by atoms with Crippen molar-refractivity contribution in [2.75, 3.05) is 13.1 Å². The number of hydrogen-bond donors (Lipinski definition) is 2. The Labute approximate surface area is 154 Å². The summed E-state index contributed by atoms with van der Waals surface area (Å²) in [4.78, 5) is 17.8. The minimum Gasteiger partial charge on any atom is -0.330 e. The number of fused-ring (bicyclic) bond motifs is 3. The molecule has 1 amide bonds. The van der Waals surface area contributed by atoms with Crippen LogP contribution in [-0.4, -0.2) is 47.1 Å². The largest absolute Gasteiger partial charge is 0.406 e. The third-order valence-electron chi connectivity index (χ3n) is 6.14. The molecule has 1 aromatic heterocycles. The van der Waals surface area contributed by atoms with Crippen LogP contribution in [0, 0.1) is 29.1 Å². The molecule has 2 saturated heterocycles. The quantitative estimate of drug-likeness (QED) is 0.816. The SMILES string of the molecule is N#CC1CC2C3NNCC3C(=O)N(CC(F)(F)F)C2CC1c1ccncc1. The first kappa shape index (κ1) is 18.2. The van der Waals surface area contributed by atoms with Gasteiger partial charge in [-0.1, -0.05) is 0 Å². The highest BCUT2D eigenvalue weighted by atomic mass is 19.4. The Hall–Kier alpha value is -2.18. The van der Waals surface area contributed by atoms with Crippen LogP contribution < -0.4 is 10.9 Å². The zero-order chi connectivity index (χ0) is 19.2. The van der Waals surface area contributed by atoms with Gasteiger partial charge in [-0.15, -0.1) is 0 Å². The van der Waals surface area contributed by atoms with Crippen molar-refractivity contribution in [1.29, 1.82) is 5.26 Å². The fourth-order valence-corrected chi connectivity index (χ4v) is 5.01. The number of pyridine rings is 1. The normalized spacial score (nSPS) is 36.1. The molecule has 6 nitrogen and oxygen atoms in total. The molecule has 3 fully saturated rings. The lowest BCUT2D eigenvalue weighted by atomic mass is 9.63. The Morgan fingerprint density at radius 2 is 2.00 bits per heavy atom. The number of nitriles is 1. The molecular formula is C18H20F3N5O. The van der Waals surface area contributed by atoms with E-state index in [1.54, 1.807) is 24.5 Å². The van der Waals surface area contributed by atoms with Gasteiger partial charge in [-0.3, -0.25) is 20.6 Å². The summed E-state index contributed by atoms with van der Waals surface area (Å²) in [5, 5.41) is 9.70. The van der Waals surface area contributed by atoms with E-state index in [1.165, 1.54) is 0 Å². The maximum absolute atomic E-state index is 13.2. The smallest absolute Gasteiger partial charge is 0.330 e. The van der Waals surface area contributed by atoms with E-state index >= 15 is 0 Å². The molecule has 0 spiro atoms. The molecule has 9 heteroatoms. The number of hydrazine groups is 1. The summed E-state index contributed by atoms with van der Waals surface area (Å²) >= 11 is 0. The van der Waals surface area contributed by atoms with Gasteiger partial charge in [0.1, 0.15) is 6.54 Å². The van der Waals surface area contributed by atoms with Gasteiger partial charge in [0.15, 0.2) is 0 Å². The summed E-state index contributed by atoms with van der Waals surface area (Å²) in [6, 6.07) is 5.16. The van der Waals surface area contributed by atoms with Crippen LogP contribution in [0.4, 0.5) is 13.2 Å². The number of piperidine rings is 1. The zero-order valence-electron chi connectivity index (χ0n) is 14.5. The van der Waals surface area contributed by atoms with Gasteiger partial charge in [0.2, 0.25) is 5.91 Å². The number of hydrogen-bond acceptors (Lipinski definition) is 5. The second kappa shape index (κ2) is 6.77. The molecule has 4 rings (SSSR count). The van der Waals surface area contributed by atoms with Crippen molar-refractivity contribution in [2.24, 2.45) is 17.8 Å². The Morgan fingerprint density at radius 3 is 2.67 bits per heavy atom. The third kappa shape index (κ3) is 3.28. The van der Waals surface area contributed by atoms with Crippen molar-refractivity contribution in [3.63, 3.8) is 0 Å². The van der Waals surface area contributed by atoms with Gasteiger partial charge in [-0.25, -0.2) is 0 Å². The van der Waals surface area contributed by atoms with E-state index in [1.807, 2.05) is 0 Å². The summed E-state index contributed by atoms with van der Waals surface area (Å²) in [6.45, 7) is -0.928. The molecule has 2 N–H and O–H groups in total. The number of alkyl halides is 3. The van der Waals surface area contributed by atoms with Crippen molar-refractivity contribution in [1.82, 2.24) is 20.7 Å². The molecule has 6 atom stereocenters. The fraction of sp³-hybridized carbons (Fsp3) is 0.611. The first-order chi connectivity index (χ1) is 12.9. The predicted molar refractivity (Wildman–Crippen MR) is 88.8 cm³/mol. The molecule has 144 valence electrons. The summed E-state index contributed by atoms with van der Waals surface area (Å²) in [5.41, 5.74) is 6.87. The van der Waals surface area contributed by atoms with Gasteiger partial charge in [0.25, 0.3) is 0 Å². The monoisotopic (exact) mass is 379 g/mol. The van der Waals surface area contributed by atoms with Crippen LogP contribution in [0.5, 0.6) is 0 Å². The molecule has 1 aliphatic carbocycles. The second-order valence-corrected chi connectivity index (χ2v) is 7.56. The Kier molecular flexibility index (Phi) is 4.56. The van der Waals surface area contributed by atoms with Crippen LogP contribution in [0.25, 0.3) is 0 Å². The number of nitrogens with zero attached hydrogens (tertiary/aromatic N) is 3. The van der Waals surface area contributed by atoms with Crippen molar-refractivity contribution in [3.05, 3.63) is 30.1 Å². The lowest BCUT2D eigenvalue weighted by molar-refractivity contribution is -0.179. The average molecular weight is 379 g/mol. The van der Waals surface area contributed by atoms with Gasteiger partial charge >= 0.3 is 6.18 Å². The molecule has 6 unspecified atom stereocenters. The fourth-order valence-electron chi connectivity index (χ4n) is 5.01. The molecule has 2 aliphatic heterocycles. The molecule has 0 bridgehead atoms. The predicted octanol–water partition coefficient (Wildman–Crippen LogP) is 1.58. The lowest BCUT2D eigenvalue weighted by Gasteiger charge is -2.51. The maximum atomic E-state index is 13.2. The number of halogens is 3. The average Bonchev–Trinajstić information content (AvgIpc) is 3.14. The highest BCUT2D eigenvalue weighted by molar-refractivity contribution is 5.82. The first-order valence-corrected chi connectivity index (χ1v) is 9.04. The second-order valence-electron chi connectivity index (χ2n) is 7.56. The van der Waals surface area contributed by atoms with Crippen LogP contribution >= 0.6 is 0 Å². The molecule has 3 heterocycles. The summed E-state index contributed by atoms with van der Waals surface area (Å²) in [5.74, 6) is -1.69. The van der Waals surface area contributed by atoms with E-state index < -0.39 is 30.6 Å². The Balaban J connectivity index is 1.69. The molecule has 1 aromatic rings. The van der Waals surface area contributed by atoms with Gasteiger partial charge in [0, 0.05) is 36.9 Å². The summed E-state index contributed by atoms with van der Waals surface area (Å²) < 4.78 is 39.6.